The average molecular weight is 262 g/mol. The summed E-state index contributed by atoms with van der Waals surface area (Å²) in [6, 6.07) is 3.83. The fourth-order valence-electron chi connectivity index (χ4n) is 1.25. The van der Waals surface area contributed by atoms with Crippen LogP contribution in [0, 0.1) is 11.6 Å². The topological polar surface area (TPSA) is 18.5 Å². The molecule has 0 aromatic heterocycles. The van der Waals surface area contributed by atoms with Gasteiger partial charge in [0.05, 0.1) is 0 Å². The van der Waals surface area contributed by atoms with Crippen LogP contribution in [-0.4, -0.2) is 25.3 Å². The Kier molecular flexibility index (Phi) is 6.47. The Hall–Kier alpha value is -0.650. The lowest BCUT2D eigenvalue weighted by Crippen LogP contribution is -2.19. The lowest BCUT2D eigenvalue weighted by Gasteiger charge is -2.16. The van der Waals surface area contributed by atoms with Crippen molar-refractivity contribution >= 4 is 11.8 Å². The van der Waals surface area contributed by atoms with Crippen LogP contribution in [-0.2, 0) is 9.47 Å². The van der Waals surface area contributed by atoms with Crippen LogP contribution in [0.15, 0.2) is 23.1 Å². The van der Waals surface area contributed by atoms with Crippen LogP contribution in [0.1, 0.15) is 13.8 Å². The minimum absolute atomic E-state index is 0.317. The van der Waals surface area contributed by atoms with E-state index in [9.17, 15) is 8.78 Å². The maximum atomic E-state index is 12.9. The molecule has 0 saturated heterocycles. The predicted molar refractivity (Wildman–Crippen MR) is 64.1 cm³/mol. The predicted octanol–water partition coefficient (Wildman–Crippen LogP) is 3.46. The van der Waals surface area contributed by atoms with Gasteiger partial charge in [-0.05, 0) is 32.0 Å². The van der Waals surface area contributed by atoms with Crippen LogP contribution in [0.25, 0.3) is 0 Å². The highest BCUT2D eigenvalue weighted by molar-refractivity contribution is 7.99. The van der Waals surface area contributed by atoms with Gasteiger partial charge < -0.3 is 9.47 Å². The Balaban J connectivity index is 2.49. The maximum absolute atomic E-state index is 12.9. The maximum Gasteiger partial charge on any atom is 0.166 e. The Morgan fingerprint density at radius 1 is 1.12 bits per heavy atom. The first-order valence-corrected chi connectivity index (χ1v) is 6.47. The second kappa shape index (κ2) is 7.63. The van der Waals surface area contributed by atoms with Gasteiger partial charge in [0.25, 0.3) is 0 Å². The zero-order valence-corrected chi connectivity index (χ0v) is 10.7. The molecule has 0 aliphatic rings. The molecule has 5 heteroatoms. The third kappa shape index (κ3) is 5.02. The van der Waals surface area contributed by atoms with Gasteiger partial charge >= 0.3 is 0 Å². The van der Waals surface area contributed by atoms with E-state index in [4.69, 9.17) is 9.47 Å². The van der Waals surface area contributed by atoms with E-state index >= 15 is 0 Å². The van der Waals surface area contributed by atoms with E-state index in [1.165, 1.54) is 23.9 Å². The van der Waals surface area contributed by atoms with Crippen molar-refractivity contribution in [3.63, 3.8) is 0 Å². The third-order valence-electron chi connectivity index (χ3n) is 1.98. The molecule has 17 heavy (non-hydrogen) atoms. The van der Waals surface area contributed by atoms with Crippen LogP contribution >= 0.6 is 11.8 Å². The molecule has 0 unspecified atom stereocenters. The molecule has 0 fully saturated rings. The zero-order chi connectivity index (χ0) is 12.7. The number of ether oxygens (including phenoxy) is 2. The molecule has 1 aromatic rings. The molecule has 1 rings (SSSR count). The molecule has 0 atom stereocenters. The van der Waals surface area contributed by atoms with E-state index in [2.05, 4.69) is 0 Å². The fourth-order valence-corrected chi connectivity index (χ4v) is 2.12. The average Bonchev–Trinajstić information content (AvgIpc) is 2.31. The number of halogens is 2. The monoisotopic (exact) mass is 262 g/mol. The van der Waals surface area contributed by atoms with Gasteiger partial charge in [0.1, 0.15) is 0 Å². The van der Waals surface area contributed by atoms with Gasteiger partial charge in [0.2, 0.25) is 0 Å². The molecule has 0 bridgehead atoms. The van der Waals surface area contributed by atoms with Gasteiger partial charge in [-0.2, -0.15) is 0 Å². The standard InChI is InChI=1S/C12H16F2O2S/c1-3-15-12(16-4-2)8-17-9-5-6-10(13)11(14)7-9/h5-7,12H,3-4,8H2,1-2H3. The van der Waals surface area contributed by atoms with Crippen molar-refractivity contribution in [3.8, 4) is 0 Å². The van der Waals surface area contributed by atoms with Crippen molar-refractivity contribution < 1.29 is 18.3 Å². The van der Waals surface area contributed by atoms with Crippen molar-refractivity contribution in [1.82, 2.24) is 0 Å². The lowest BCUT2D eigenvalue weighted by molar-refractivity contribution is -0.120. The largest absolute Gasteiger partial charge is 0.352 e. The van der Waals surface area contributed by atoms with Crippen molar-refractivity contribution in [3.05, 3.63) is 29.8 Å². The van der Waals surface area contributed by atoms with Crippen molar-refractivity contribution in [2.24, 2.45) is 0 Å². The summed E-state index contributed by atoms with van der Waals surface area (Å²) in [6.07, 6.45) is -0.317. The molecule has 0 heterocycles. The second-order valence-electron chi connectivity index (χ2n) is 3.23. The normalized spacial score (nSPS) is 11.1. The van der Waals surface area contributed by atoms with Gasteiger partial charge in [-0.25, -0.2) is 8.78 Å². The van der Waals surface area contributed by atoms with Gasteiger partial charge in [0, 0.05) is 23.9 Å². The van der Waals surface area contributed by atoms with Crippen molar-refractivity contribution in [2.75, 3.05) is 19.0 Å². The molecular weight excluding hydrogens is 246 g/mol. The fraction of sp³-hybridized carbons (Fsp3) is 0.500. The Bertz CT molecular complexity index is 341. The van der Waals surface area contributed by atoms with Crippen LogP contribution in [0.5, 0.6) is 0 Å². The van der Waals surface area contributed by atoms with Gasteiger partial charge in [-0.1, -0.05) is 0 Å². The van der Waals surface area contributed by atoms with E-state index in [-0.39, 0.29) is 6.29 Å². The van der Waals surface area contributed by atoms with E-state index in [0.717, 1.165) is 6.07 Å². The van der Waals surface area contributed by atoms with Crippen LogP contribution in [0.2, 0.25) is 0 Å². The highest BCUT2D eigenvalue weighted by atomic mass is 32.2. The minimum atomic E-state index is -0.834. The van der Waals surface area contributed by atoms with Gasteiger partial charge in [-0.15, -0.1) is 11.8 Å². The first-order chi connectivity index (χ1) is 8.17. The summed E-state index contributed by atoms with van der Waals surface area (Å²) in [5.74, 6) is -1.12. The summed E-state index contributed by atoms with van der Waals surface area (Å²) in [5, 5.41) is 0. The van der Waals surface area contributed by atoms with E-state index < -0.39 is 11.6 Å². The van der Waals surface area contributed by atoms with Gasteiger partial charge in [0.15, 0.2) is 17.9 Å². The molecule has 0 aliphatic heterocycles. The third-order valence-corrected chi connectivity index (χ3v) is 3.01. The van der Waals surface area contributed by atoms with Crippen LogP contribution < -0.4 is 0 Å². The van der Waals surface area contributed by atoms with E-state index in [0.29, 0.717) is 23.9 Å². The molecule has 0 saturated carbocycles. The SMILES string of the molecule is CCOC(CSc1ccc(F)c(F)c1)OCC. The van der Waals surface area contributed by atoms with Crippen LogP contribution in [0.3, 0.4) is 0 Å². The molecule has 0 spiro atoms. The summed E-state index contributed by atoms with van der Waals surface area (Å²) in [6.45, 7) is 4.88. The molecule has 2 nitrogen and oxygen atoms in total. The molecule has 0 radical (unpaired) electrons. The number of thioether (sulfide) groups is 1. The minimum Gasteiger partial charge on any atom is -0.352 e. The Labute approximate surface area is 104 Å². The van der Waals surface area contributed by atoms with Crippen molar-refractivity contribution in [1.29, 1.82) is 0 Å². The first kappa shape index (κ1) is 14.4. The second-order valence-corrected chi connectivity index (χ2v) is 4.32. The Morgan fingerprint density at radius 3 is 2.29 bits per heavy atom. The summed E-state index contributed by atoms with van der Waals surface area (Å²) in [7, 11) is 0. The molecule has 1 aromatic carbocycles. The molecule has 0 aliphatic carbocycles. The van der Waals surface area contributed by atoms with Crippen LogP contribution in [0.4, 0.5) is 8.78 Å². The summed E-state index contributed by atoms with van der Waals surface area (Å²) in [4.78, 5) is 0.660. The molecular formula is C12H16F2O2S. The summed E-state index contributed by atoms with van der Waals surface area (Å²) in [5.41, 5.74) is 0. The van der Waals surface area contributed by atoms with Crippen molar-refractivity contribution in [2.45, 2.75) is 25.0 Å². The number of hydrogen-bond donors (Lipinski definition) is 0. The Morgan fingerprint density at radius 2 is 1.76 bits per heavy atom. The highest BCUT2D eigenvalue weighted by Gasteiger charge is 2.09. The highest BCUT2D eigenvalue weighted by Crippen LogP contribution is 2.22. The molecule has 0 N–H and O–H groups in total. The summed E-state index contributed by atoms with van der Waals surface area (Å²) < 4.78 is 36.3. The number of hydrogen-bond acceptors (Lipinski definition) is 3. The molecule has 96 valence electrons. The number of benzene rings is 1. The zero-order valence-electron chi connectivity index (χ0n) is 9.91. The number of rotatable bonds is 7. The molecule has 0 amide bonds. The van der Waals surface area contributed by atoms with E-state index in [1.54, 1.807) is 0 Å². The summed E-state index contributed by atoms with van der Waals surface area (Å²) >= 11 is 1.37. The quantitative estimate of drug-likeness (QED) is 0.554. The first-order valence-electron chi connectivity index (χ1n) is 5.48. The van der Waals surface area contributed by atoms with E-state index in [1.807, 2.05) is 13.8 Å². The van der Waals surface area contributed by atoms with Gasteiger partial charge in [-0.3, -0.25) is 0 Å². The smallest absolute Gasteiger partial charge is 0.166 e. The lowest BCUT2D eigenvalue weighted by atomic mass is 10.3.